The highest BCUT2D eigenvalue weighted by Gasteiger charge is 2.07. The Morgan fingerprint density at radius 2 is 1.71 bits per heavy atom. The molecule has 0 aliphatic carbocycles. The van der Waals surface area contributed by atoms with Gasteiger partial charge in [-0.3, -0.25) is 0 Å². The summed E-state index contributed by atoms with van der Waals surface area (Å²) in [4.78, 5) is 0. The second-order valence-corrected chi connectivity index (χ2v) is 5.95. The molecule has 2 aromatic carbocycles. The van der Waals surface area contributed by atoms with E-state index in [-0.39, 0.29) is 0 Å². The Kier molecular flexibility index (Phi) is 5.83. The first kappa shape index (κ1) is 16.1. The first-order chi connectivity index (χ1) is 10.1. The Morgan fingerprint density at radius 3 is 2.29 bits per heavy atom. The highest BCUT2D eigenvalue weighted by Crippen LogP contribution is 2.27. The molecule has 0 spiro atoms. The Hall–Kier alpha value is -1.32. The third-order valence-electron chi connectivity index (χ3n) is 3.51. The van der Waals surface area contributed by atoms with Gasteiger partial charge in [0.25, 0.3) is 0 Å². The third-order valence-corrected chi connectivity index (χ3v) is 4.40. The summed E-state index contributed by atoms with van der Waals surface area (Å²) < 4.78 is 7.00. The van der Waals surface area contributed by atoms with Crippen LogP contribution in [-0.4, -0.2) is 6.54 Å². The number of ether oxygens (including phenoxy) is 1. The van der Waals surface area contributed by atoms with Crippen molar-refractivity contribution in [1.82, 2.24) is 5.32 Å². The van der Waals surface area contributed by atoms with E-state index in [2.05, 4.69) is 54.2 Å². The molecule has 0 amide bonds. The molecule has 0 aliphatic rings. The normalized spacial score (nSPS) is 12.2. The molecule has 2 rings (SSSR count). The quantitative estimate of drug-likeness (QED) is 0.733. The van der Waals surface area contributed by atoms with Crippen LogP contribution in [0.5, 0.6) is 11.5 Å². The van der Waals surface area contributed by atoms with Crippen LogP contribution in [0.3, 0.4) is 0 Å². The van der Waals surface area contributed by atoms with E-state index >= 15 is 0 Å². The van der Waals surface area contributed by atoms with Crippen molar-refractivity contribution in [2.45, 2.75) is 33.2 Å². The lowest BCUT2D eigenvalue weighted by Crippen LogP contribution is -2.19. The van der Waals surface area contributed by atoms with Gasteiger partial charge in [0.1, 0.15) is 11.5 Å². The molecule has 0 aliphatic heterocycles. The lowest BCUT2D eigenvalue weighted by atomic mass is 10.0. The third kappa shape index (κ3) is 4.32. The van der Waals surface area contributed by atoms with Crippen molar-refractivity contribution in [3.8, 4) is 11.5 Å². The average molecular weight is 348 g/mol. The smallest absolute Gasteiger partial charge is 0.127 e. The summed E-state index contributed by atoms with van der Waals surface area (Å²) in [5, 5.41) is 3.49. The van der Waals surface area contributed by atoms with Gasteiger partial charge in [-0.15, -0.1) is 0 Å². The van der Waals surface area contributed by atoms with E-state index in [0.717, 1.165) is 28.9 Å². The lowest BCUT2D eigenvalue weighted by Gasteiger charge is -2.16. The van der Waals surface area contributed by atoms with E-state index in [1.807, 2.05) is 30.3 Å². The van der Waals surface area contributed by atoms with E-state index < -0.39 is 0 Å². The number of hydrogen-bond acceptors (Lipinski definition) is 2. The van der Waals surface area contributed by atoms with Gasteiger partial charge in [-0.25, -0.2) is 0 Å². The summed E-state index contributed by atoms with van der Waals surface area (Å²) in [5.41, 5.74) is 2.47. The van der Waals surface area contributed by atoms with Crippen molar-refractivity contribution in [2.75, 3.05) is 6.54 Å². The zero-order valence-corrected chi connectivity index (χ0v) is 14.4. The van der Waals surface area contributed by atoms with Gasteiger partial charge in [-0.2, -0.15) is 0 Å². The van der Waals surface area contributed by atoms with E-state index in [0.29, 0.717) is 6.04 Å². The van der Waals surface area contributed by atoms with Crippen molar-refractivity contribution >= 4 is 15.9 Å². The summed E-state index contributed by atoms with van der Waals surface area (Å²) in [7, 11) is 0. The largest absolute Gasteiger partial charge is 0.457 e. The average Bonchev–Trinajstić information content (AvgIpc) is 2.49. The van der Waals surface area contributed by atoms with Crippen molar-refractivity contribution in [3.05, 3.63) is 58.1 Å². The fraction of sp³-hybridized carbons (Fsp3) is 0.333. The summed E-state index contributed by atoms with van der Waals surface area (Å²) in [5.74, 6) is 1.73. The van der Waals surface area contributed by atoms with Crippen LogP contribution in [0.25, 0.3) is 0 Å². The van der Waals surface area contributed by atoms with Crippen LogP contribution in [0.1, 0.15) is 37.4 Å². The Labute approximate surface area is 135 Å². The molecule has 2 aromatic rings. The number of benzene rings is 2. The van der Waals surface area contributed by atoms with E-state index in [1.165, 1.54) is 11.1 Å². The zero-order chi connectivity index (χ0) is 15.2. The molecule has 0 aromatic heterocycles. The number of rotatable bonds is 6. The van der Waals surface area contributed by atoms with Gasteiger partial charge >= 0.3 is 0 Å². The van der Waals surface area contributed by atoms with Crippen LogP contribution in [-0.2, 0) is 0 Å². The van der Waals surface area contributed by atoms with Crippen LogP contribution in [0, 0.1) is 6.92 Å². The minimum Gasteiger partial charge on any atom is -0.457 e. The van der Waals surface area contributed by atoms with Gasteiger partial charge in [0.2, 0.25) is 0 Å². The van der Waals surface area contributed by atoms with Crippen LogP contribution in [0.15, 0.2) is 46.9 Å². The fourth-order valence-corrected chi connectivity index (χ4v) is 2.58. The molecule has 21 heavy (non-hydrogen) atoms. The molecular weight excluding hydrogens is 326 g/mol. The predicted octanol–water partition coefficient (Wildman–Crippen LogP) is 5.61. The summed E-state index contributed by atoms with van der Waals surface area (Å²) in [6.45, 7) is 7.37. The minimum atomic E-state index is 0.416. The van der Waals surface area contributed by atoms with Gasteiger partial charge < -0.3 is 10.1 Å². The molecule has 0 radical (unpaired) electrons. The Balaban J connectivity index is 2.09. The second-order valence-electron chi connectivity index (χ2n) is 5.10. The van der Waals surface area contributed by atoms with Crippen LogP contribution < -0.4 is 10.1 Å². The summed E-state index contributed by atoms with van der Waals surface area (Å²) in [6.07, 6.45) is 1.08. The van der Waals surface area contributed by atoms with Crippen molar-refractivity contribution in [2.24, 2.45) is 0 Å². The summed E-state index contributed by atoms with van der Waals surface area (Å²) in [6, 6.07) is 14.8. The summed E-state index contributed by atoms with van der Waals surface area (Å²) >= 11 is 3.50. The van der Waals surface area contributed by atoms with Gasteiger partial charge in [0, 0.05) is 10.5 Å². The monoisotopic (exact) mass is 347 g/mol. The van der Waals surface area contributed by atoms with E-state index in [4.69, 9.17) is 4.74 Å². The van der Waals surface area contributed by atoms with Crippen molar-refractivity contribution in [3.63, 3.8) is 0 Å². The van der Waals surface area contributed by atoms with Crippen molar-refractivity contribution in [1.29, 1.82) is 0 Å². The topological polar surface area (TPSA) is 21.3 Å². The molecule has 112 valence electrons. The van der Waals surface area contributed by atoms with E-state index in [9.17, 15) is 0 Å². The van der Waals surface area contributed by atoms with Gasteiger partial charge in [0.05, 0.1) is 0 Å². The first-order valence-corrected chi connectivity index (χ1v) is 8.20. The maximum absolute atomic E-state index is 5.90. The SMILES string of the molecule is CCNC(CC)c1ccc(Oc2ccc(Br)c(C)c2)cc1. The molecular formula is C18H22BrNO. The number of aryl methyl sites for hydroxylation is 1. The van der Waals surface area contributed by atoms with E-state index in [1.54, 1.807) is 0 Å². The number of hydrogen-bond donors (Lipinski definition) is 1. The molecule has 1 N–H and O–H groups in total. The second kappa shape index (κ2) is 7.62. The first-order valence-electron chi connectivity index (χ1n) is 7.41. The standard InChI is InChI=1S/C18H22BrNO/c1-4-18(20-5-2)14-6-8-15(9-7-14)21-16-10-11-17(19)13(3)12-16/h6-12,18,20H,4-5H2,1-3H3. The Morgan fingerprint density at radius 1 is 1.05 bits per heavy atom. The predicted molar refractivity (Wildman–Crippen MR) is 92.1 cm³/mol. The lowest BCUT2D eigenvalue weighted by molar-refractivity contribution is 0.480. The molecule has 0 saturated carbocycles. The van der Waals surface area contributed by atoms with Crippen LogP contribution in [0.4, 0.5) is 0 Å². The number of halogens is 1. The van der Waals surface area contributed by atoms with Crippen molar-refractivity contribution < 1.29 is 4.74 Å². The van der Waals surface area contributed by atoms with Crippen LogP contribution in [0.2, 0.25) is 0 Å². The molecule has 2 nitrogen and oxygen atoms in total. The van der Waals surface area contributed by atoms with Crippen LogP contribution >= 0.6 is 15.9 Å². The van der Waals surface area contributed by atoms with Gasteiger partial charge in [-0.05, 0) is 61.3 Å². The molecule has 0 fully saturated rings. The molecule has 1 unspecified atom stereocenters. The molecule has 1 atom stereocenters. The molecule has 0 bridgehead atoms. The molecule has 0 saturated heterocycles. The van der Waals surface area contributed by atoms with Gasteiger partial charge in [-0.1, -0.05) is 41.9 Å². The Bertz CT molecular complexity index is 580. The highest BCUT2D eigenvalue weighted by molar-refractivity contribution is 9.10. The maximum atomic E-state index is 5.90. The van der Waals surface area contributed by atoms with Gasteiger partial charge in [0.15, 0.2) is 0 Å². The molecule has 0 heterocycles. The number of nitrogens with one attached hydrogen (secondary N) is 1. The minimum absolute atomic E-state index is 0.416. The maximum Gasteiger partial charge on any atom is 0.127 e. The zero-order valence-electron chi connectivity index (χ0n) is 12.8. The fourth-order valence-electron chi connectivity index (χ4n) is 2.33. The highest BCUT2D eigenvalue weighted by atomic mass is 79.9. The molecule has 3 heteroatoms.